The molecule has 2 aliphatic rings. The maximum atomic E-state index is 6.29. The van der Waals surface area contributed by atoms with Crippen LogP contribution in [0.2, 0.25) is 0 Å². The van der Waals surface area contributed by atoms with Crippen LogP contribution in [0.3, 0.4) is 0 Å². The van der Waals surface area contributed by atoms with Crippen LogP contribution in [0.1, 0.15) is 11.1 Å². The molecule has 0 aromatic heterocycles. The Morgan fingerprint density at radius 1 is 0.833 bits per heavy atom. The second kappa shape index (κ2) is 7.31. The first-order valence-electron chi connectivity index (χ1n) is 8.62. The van der Waals surface area contributed by atoms with Crippen molar-refractivity contribution in [2.45, 2.75) is 31.5 Å². The molecule has 0 spiro atoms. The molecule has 1 saturated heterocycles. The Morgan fingerprint density at radius 3 is 2.12 bits per heavy atom. The van der Waals surface area contributed by atoms with E-state index in [2.05, 4.69) is 65.6 Å². The lowest BCUT2D eigenvalue weighted by atomic mass is 10.1. The number of nitrogens with zero attached hydrogens (tertiary/aromatic N) is 1. The molecule has 3 nitrogen and oxygen atoms in total. The van der Waals surface area contributed by atoms with Crippen LogP contribution in [0.15, 0.2) is 72.8 Å². The van der Waals surface area contributed by atoms with Gasteiger partial charge in [0.1, 0.15) is 6.10 Å². The smallest absolute Gasteiger partial charge is 0.104 e. The van der Waals surface area contributed by atoms with Crippen LogP contribution in [0.5, 0.6) is 0 Å². The standard InChI is InChI=1S/C21H23NO2/c1-3-8-17(9-4-1)15-23-20-14-22-13-7-12-19(22)21(20)24-16-18-10-5-2-6-11-18/h1-12,19-21H,13-16H2/t19-,20-,21-/m0/s1. The molecule has 2 heterocycles. The molecule has 0 aliphatic carbocycles. The number of ether oxygens (including phenoxy) is 2. The van der Waals surface area contributed by atoms with Crippen LogP contribution < -0.4 is 0 Å². The zero-order chi connectivity index (χ0) is 16.2. The quantitative estimate of drug-likeness (QED) is 0.761. The fourth-order valence-electron chi connectivity index (χ4n) is 3.55. The van der Waals surface area contributed by atoms with E-state index in [1.54, 1.807) is 0 Å². The molecule has 2 aromatic carbocycles. The van der Waals surface area contributed by atoms with Gasteiger partial charge in [0.25, 0.3) is 0 Å². The van der Waals surface area contributed by atoms with Crippen LogP contribution in [0.4, 0.5) is 0 Å². The average molecular weight is 321 g/mol. The highest BCUT2D eigenvalue weighted by molar-refractivity contribution is 5.17. The summed E-state index contributed by atoms with van der Waals surface area (Å²) >= 11 is 0. The highest BCUT2D eigenvalue weighted by Gasteiger charge is 2.43. The molecule has 1 fully saturated rings. The maximum absolute atomic E-state index is 6.29. The normalized spacial score (nSPS) is 25.9. The molecule has 2 aliphatic heterocycles. The Morgan fingerprint density at radius 2 is 1.46 bits per heavy atom. The largest absolute Gasteiger partial charge is 0.369 e. The summed E-state index contributed by atoms with van der Waals surface area (Å²) in [6.45, 7) is 3.21. The van der Waals surface area contributed by atoms with Crippen LogP contribution in [0, 0.1) is 0 Å². The minimum Gasteiger partial charge on any atom is -0.369 e. The topological polar surface area (TPSA) is 21.7 Å². The van der Waals surface area contributed by atoms with E-state index in [4.69, 9.17) is 9.47 Å². The van der Waals surface area contributed by atoms with E-state index in [0.717, 1.165) is 13.1 Å². The lowest BCUT2D eigenvalue weighted by Gasteiger charge is -2.23. The first-order valence-corrected chi connectivity index (χ1v) is 8.62. The van der Waals surface area contributed by atoms with Gasteiger partial charge in [-0.3, -0.25) is 4.90 Å². The summed E-state index contributed by atoms with van der Waals surface area (Å²) < 4.78 is 12.5. The molecular formula is C21H23NO2. The van der Waals surface area contributed by atoms with Crippen molar-refractivity contribution < 1.29 is 9.47 Å². The van der Waals surface area contributed by atoms with Gasteiger partial charge in [-0.2, -0.15) is 0 Å². The minimum atomic E-state index is 0.0904. The molecule has 0 bridgehead atoms. The summed E-state index contributed by atoms with van der Waals surface area (Å²) in [5.41, 5.74) is 2.42. The van der Waals surface area contributed by atoms with Gasteiger partial charge in [0, 0.05) is 13.1 Å². The molecule has 2 aromatic rings. The van der Waals surface area contributed by atoms with E-state index in [1.165, 1.54) is 11.1 Å². The van der Waals surface area contributed by atoms with Gasteiger partial charge >= 0.3 is 0 Å². The summed E-state index contributed by atoms with van der Waals surface area (Å²) in [5, 5.41) is 0. The Labute approximate surface area is 143 Å². The minimum absolute atomic E-state index is 0.0904. The molecule has 3 heteroatoms. The summed E-state index contributed by atoms with van der Waals surface area (Å²) in [4.78, 5) is 2.44. The van der Waals surface area contributed by atoms with Gasteiger partial charge in [-0.25, -0.2) is 0 Å². The number of fused-ring (bicyclic) bond motifs is 1. The summed E-state index contributed by atoms with van der Waals surface area (Å²) in [5.74, 6) is 0. The molecule has 0 unspecified atom stereocenters. The highest BCUT2D eigenvalue weighted by atomic mass is 16.5. The lowest BCUT2D eigenvalue weighted by Crippen LogP contribution is -2.35. The molecule has 124 valence electrons. The highest BCUT2D eigenvalue weighted by Crippen LogP contribution is 2.29. The van der Waals surface area contributed by atoms with Crippen molar-refractivity contribution >= 4 is 0 Å². The van der Waals surface area contributed by atoms with E-state index >= 15 is 0 Å². The van der Waals surface area contributed by atoms with Gasteiger partial charge in [-0.05, 0) is 11.1 Å². The van der Waals surface area contributed by atoms with Crippen molar-refractivity contribution in [3.63, 3.8) is 0 Å². The van der Waals surface area contributed by atoms with Crippen molar-refractivity contribution in [1.82, 2.24) is 4.90 Å². The fourth-order valence-corrected chi connectivity index (χ4v) is 3.55. The second-order valence-electron chi connectivity index (χ2n) is 6.47. The van der Waals surface area contributed by atoms with Crippen molar-refractivity contribution in [2.24, 2.45) is 0 Å². The van der Waals surface area contributed by atoms with Crippen molar-refractivity contribution in [3.8, 4) is 0 Å². The van der Waals surface area contributed by atoms with E-state index in [-0.39, 0.29) is 12.2 Å². The summed E-state index contributed by atoms with van der Waals surface area (Å²) in [6, 6.07) is 21.1. The van der Waals surface area contributed by atoms with Gasteiger partial charge in [-0.15, -0.1) is 0 Å². The van der Waals surface area contributed by atoms with Gasteiger partial charge in [0.15, 0.2) is 0 Å². The van der Waals surface area contributed by atoms with Gasteiger partial charge in [0.2, 0.25) is 0 Å². The first-order chi connectivity index (χ1) is 11.9. The third-order valence-electron chi connectivity index (χ3n) is 4.80. The SMILES string of the molecule is C1=C[C@H]2[C@H](OCc3ccccc3)[C@@H](OCc3ccccc3)CN2C1. The Balaban J connectivity index is 1.40. The van der Waals surface area contributed by atoms with Crippen molar-refractivity contribution in [1.29, 1.82) is 0 Å². The number of rotatable bonds is 6. The Kier molecular flexibility index (Phi) is 4.74. The third kappa shape index (κ3) is 3.44. The Bertz CT molecular complexity index is 671. The van der Waals surface area contributed by atoms with Crippen molar-refractivity contribution in [3.05, 3.63) is 83.9 Å². The van der Waals surface area contributed by atoms with E-state index < -0.39 is 0 Å². The molecular weight excluding hydrogens is 298 g/mol. The molecule has 4 rings (SSSR count). The molecule has 0 radical (unpaired) electrons. The fraction of sp³-hybridized carbons (Fsp3) is 0.333. The van der Waals surface area contributed by atoms with Gasteiger partial charge in [0.05, 0.1) is 25.4 Å². The van der Waals surface area contributed by atoms with Crippen LogP contribution in [-0.4, -0.2) is 36.2 Å². The summed E-state index contributed by atoms with van der Waals surface area (Å²) in [7, 11) is 0. The Hall–Kier alpha value is -1.94. The molecule has 0 saturated carbocycles. The van der Waals surface area contributed by atoms with Crippen LogP contribution >= 0.6 is 0 Å². The van der Waals surface area contributed by atoms with Gasteiger partial charge < -0.3 is 9.47 Å². The lowest BCUT2D eigenvalue weighted by molar-refractivity contribution is -0.0657. The third-order valence-corrected chi connectivity index (χ3v) is 4.80. The van der Waals surface area contributed by atoms with Crippen LogP contribution in [-0.2, 0) is 22.7 Å². The monoisotopic (exact) mass is 321 g/mol. The predicted octanol–water partition coefficient (Wildman–Crippen LogP) is 3.41. The van der Waals surface area contributed by atoms with E-state index in [0.29, 0.717) is 19.3 Å². The summed E-state index contributed by atoms with van der Waals surface area (Å²) in [6.07, 6.45) is 4.70. The van der Waals surface area contributed by atoms with E-state index in [9.17, 15) is 0 Å². The molecule has 24 heavy (non-hydrogen) atoms. The van der Waals surface area contributed by atoms with Crippen LogP contribution in [0.25, 0.3) is 0 Å². The number of hydrogen-bond acceptors (Lipinski definition) is 3. The first kappa shape index (κ1) is 15.6. The van der Waals surface area contributed by atoms with Crippen molar-refractivity contribution in [2.75, 3.05) is 13.1 Å². The second-order valence-corrected chi connectivity index (χ2v) is 6.47. The zero-order valence-corrected chi connectivity index (χ0v) is 13.8. The number of benzene rings is 2. The molecule has 3 atom stereocenters. The maximum Gasteiger partial charge on any atom is 0.104 e. The predicted molar refractivity (Wildman–Crippen MR) is 94.5 cm³/mol. The molecule has 0 amide bonds. The van der Waals surface area contributed by atoms with E-state index in [1.807, 2.05) is 12.1 Å². The zero-order valence-electron chi connectivity index (χ0n) is 13.8. The number of hydrogen-bond donors (Lipinski definition) is 0. The average Bonchev–Trinajstić information content (AvgIpc) is 3.21. The van der Waals surface area contributed by atoms with Gasteiger partial charge in [-0.1, -0.05) is 72.8 Å². The molecule has 0 N–H and O–H groups in total.